The van der Waals surface area contributed by atoms with E-state index in [0.717, 1.165) is 47.4 Å². The molecule has 2 aliphatic rings. The Morgan fingerprint density at radius 2 is 1.75 bits per heavy atom. The third-order valence-electron chi connectivity index (χ3n) is 8.56. The van der Waals surface area contributed by atoms with E-state index in [2.05, 4.69) is 37.6 Å². The van der Waals surface area contributed by atoms with Crippen molar-refractivity contribution >= 4 is 28.5 Å². The number of nitrogens with one attached hydrogen (secondary N) is 3. The van der Waals surface area contributed by atoms with Crippen LogP contribution >= 0.6 is 0 Å². The Kier molecular flexibility index (Phi) is 9.07. The second-order valence-corrected chi connectivity index (χ2v) is 11.7. The quantitative estimate of drug-likeness (QED) is 0.373. The summed E-state index contributed by atoms with van der Waals surface area (Å²) >= 11 is 0. The van der Waals surface area contributed by atoms with Gasteiger partial charge in [0.25, 0.3) is 0 Å². The van der Waals surface area contributed by atoms with E-state index in [0.29, 0.717) is 19.1 Å². The van der Waals surface area contributed by atoms with Crippen molar-refractivity contribution in [3.63, 3.8) is 0 Å². The molecule has 214 valence electrons. The van der Waals surface area contributed by atoms with Gasteiger partial charge in [0.15, 0.2) is 0 Å². The molecule has 3 N–H and O–H groups in total. The summed E-state index contributed by atoms with van der Waals surface area (Å²) < 4.78 is 0. The number of para-hydroxylation sites is 1. The van der Waals surface area contributed by atoms with E-state index in [4.69, 9.17) is 0 Å². The first-order valence-corrected chi connectivity index (χ1v) is 14.8. The van der Waals surface area contributed by atoms with Crippen LogP contribution in [0, 0.1) is 0 Å². The van der Waals surface area contributed by atoms with Crippen LogP contribution in [0.1, 0.15) is 56.1 Å². The Balaban J connectivity index is 1.31. The fraction of sp³-hybridized carbons (Fsp3) is 0.500. The molecule has 2 aromatic carbocycles. The molecule has 5 rings (SSSR count). The lowest BCUT2D eigenvalue weighted by Gasteiger charge is -2.41. The van der Waals surface area contributed by atoms with Gasteiger partial charge in [0.05, 0.1) is 0 Å². The van der Waals surface area contributed by atoms with Crippen LogP contribution in [0.15, 0.2) is 54.7 Å². The molecule has 0 unspecified atom stereocenters. The molecule has 8 heteroatoms. The molecule has 3 amide bonds. The third kappa shape index (κ3) is 6.67. The van der Waals surface area contributed by atoms with E-state index < -0.39 is 6.04 Å². The van der Waals surface area contributed by atoms with Gasteiger partial charge in [0, 0.05) is 67.5 Å². The molecular weight excluding hydrogens is 500 g/mol. The van der Waals surface area contributed by atoms with E-state index >= 15 is 0 Å². The highest BCUT2D eigenvalue weighted by atomic mass is 16.2. The van der Waals surface area contributed by atoms with Gasteiger partial charge in [0.2, 0.25) is 5.91 Å². The number of anilines is 1. The van der Waals surface area contributed by atoms with Crippen molar-refractivity contribution in [2.24, 2.45) is 0 Å². The standard InChI is InChI=1S/C32H44N6O2/c1-23(28-21-33-29-15-8-7-14-27(28)29)30(31(39)34-25-11-9-10-24(20-25)22-36(2)3)35-32(40)38-18-16-37(17-19-38)26-12-5-4-6-13-26/h7-11,14-15,20-21,23,26,30,33H,4-6,12-13,16-19,22H2,1-3H3,(H,34,39)(H,35,40)/t23-,30-/m1/s1. The fourth-order valence-corrected chi connectivity index (χ4v) is 6.36. The molecule has 2 fully saturated rings. The summed E-state index contributed by atoms with van der Waals surface area (Å²) in [6, 6.07) is 15.7. The first kappa shape index (κ1) is 28.2. The van der Waals surface area contributed by atoms with E-state index in [1.54, 1.807) is 0 Å². The molecule has 0 spiro atoms. The number of aromatic nitrogens is 1. The van der Waals surface area contributed by atoms with Gasteiger partial charge in [-0.2, -0.15) is 0 Å². The molecule has 2 heterocycles. The molecule has 40 heavy (non-hydrogen) atoms. The topological polar surface area (TPSA) is 83.7 Å². The number of carbonyl (C=O) groups is 2. The van der Waals surface area contributed by atoms with Crippen molar-refractivity contribution in [2.75, 3.05) is 45.6 Å². The number of H-pyrrole nitrogens is 1. The lowest BCUT2D eigenvalue weighted by Crippen LogP contribution is -2.57. The lowest BCUT2D eigenvalue weighted by molar-refractivity contribution is -0.118. The Hall–Kier alpha value is -3.36. The molecule has 1 aromatic heterocycles. The van der Waals surface area contributed by atoms with Crippen molar-refractivity contribution in [1.82, 2.24) is 25.0 Å². The first-order valence-electron chi connectivity index (χ1n) is 14.8. The minimum Gasteiger partial charge on any atom is -0.361 e. The average molecular weight is 545 g/mol. The summed E-state index contributed by atoms with van der Waals surface area (Å²) in [7, 11) is 4.04. The highest BCUT2D eigenvalue weighted by molar-refractivity contribution is 5.98. The molecule has 8 nitrogen and oxygen atoms in total. The van der Waals surface area contributed by atoms with Gasteiger partial charge in [-0.1, -0.05) is 56.5 Å². The molecule has 3 aromatic rings. The summed E-state index contributed by atoms with van der Waals surface area (Å²) in [6.07, 6.45) is 8.47. The fourth-order valence-electron chi connectivity index (χ4n) is 6.36. The van der Waals surface area contributed by atoms with Crippen LogP contribution in [0.5, 0.6) is 0 Å². The predicted molar refractivity (Wildman–Crippen MR) is 162 cm³/mol. The number of benzene rings is 2. The number of piperazine rings is 1. The van der Waals surface area contributed by atoms with Gasteiger partial charge in [-0.25, -0.2) is 4.79 Å². The van der Waals surface area contributed by atoms with Crippen LogP contribution in [0.25, 0.3) is 10.9 Å². The van der Waals surface area contributed by atoms with Gasteiger partial charge in [0.1, 0.15) is 6.04 Å². The zero-order chi connectivity index (χ0) is 28.1. The van der Waals surface area contributed by atoms with E-state index in [1.807, 2.05) is 68.5 Å². The molecule has 1 aliphatic carbocycles. The largest absolute Gasteiger partial charge is 0.361 e. The maximum atomic E-state index is 13.8. The molecule has 1 saturated carbocycles. The van der Waals surface area contributed by atoms with Crippen molar-refractivity contribution in [3.05, 3.63) is 65.9 Å². The van der Waals surface area contributed by atoms with Crippen molar-refractivity contribution < 1.29 is 9.59 Å². The summed E-state index contributed by atoms with van der Waals surface area (Å²) in [4.78, 5) is 37.2. The number of hydrogen-bond acceptors (Lipinski definition) is 4. The number of aromatic amines is 1. The van der Waals surface area contributed by atoms with Gasteiger partial charge in [-0.15, -0.1) is 0 Å². The molecule has 0 bridgehead atoms. The van der Waals surface area contributed by atoms with Crippen LogP contribution in [0.4, 0.5) is 10.5 Å². The zero-order valence-corrected chi connectivity index (χ0v) is 24.2. The van der Waals surface area contributed by atoms with Crippen molar-refractivity contribution in [1.29, 1.82) is 0 Å². The molecule has 1 saturated heterocycles. The number of rotatable bonds is 8. The number of carbonyl (C=O) groups excluding carboxylic acids is 2. The Bertz CT molecular complexity index is 1290. The monoisotopic (exact) mass is 544 g/mol. The third-order valence-corrected chi connectivity index (χ3v) is 8.56. The highest BCUT2D eigenvalue weighted by Crippen LogP contribution is 2.29. The van der Waals surface area contributed by atoms with E-state index in [-0.39, 0.29) is 17.9 Å². The smallest absolute Gasteiger partial charge is 0.318 e. The summed E-state index contributed by atoms with van der Waals surface area (Å²) in [5.41, 5.74) is 3.88. The van der Waals surface area contributed by atoms with E-state index in [9.17, 15) is 9.59 Å². The lowest BCUT2D eigenvalue weighted by atomic mass is 9.92. The number of urea groups is 1. The van der Waals surface area contributed by atoms with Crippen LogP contribution in [0.2, 0.25) is 0 Å². The minimum absolute atomic E-state index is 0.170. The number of hydrogen-bond donors (Lipinski definition) is 3. The highest BCUT2D eigenvalue weighted by Gasteiger charge is 2.33. The van der Waals surface area contributed by atoms with Gasteiger partial charge < -0.3 is 25.4 Å². The number of nitrogens with zero attached hydrogens (tertiary/aromatic N) is 3. The number of amides is 3. The Labute approximate surface area is 238 Å². The number of fused-ring (bicyclic) bond motifs is 1. The van der Waals surface area contributed by atoms with Gasteiger partial charge >= 0.3 is 6.03 Å². The average Bonchev–Trinajstić information content (AvgIpc) is 3.40. The van der Waals surface area contributed by atoms with E-state index in [1.165, 1.54) is 32.1 Å². The summed E-state index contributed by atoms with van der Waals surface area (Å²) in [5, 5.41) is 7.30. The van der Waals surface area contributed by atoms with Crippen LogP contribution < -0.4 is 10.6 Å². The SMILES string of the molecule is C[C@H](c1c[nH]c2ccccc12)[C@@H](NC(=O)N1CCN(C2CCCCC2)CC1)C(=O)Nc1cccc(CN(C)C)c1. The molecular formula is C32H44N6O2. The van der Waals surface area contributed by atoms with Crippen LogP contribution in [0.3, 0.4) is 0 Å². The maximum Gasteiger partial charge on any atom is 0.318 e. The van der Waals surface area contributed by atoms with Gasteiger partial charge in [-0.3, -0.25) is 9.69 Å². The summed E-state index contributed by atoms with van der Waals surface area (Å²) in [5.74, 6) is -0.456. The summed E-state index contributed by atoms with van der Waals surface area (Å²) in [6.45, 7) is 5.96. The van der Waals surface area contributed by atoms with Crippen LogP contribution in [-0.2, 0) is 11.3 Å². The second-order valence-electron chi connectivity index (χ2n) is 11.7. The normalized spacial score (nSPS) is 18.6. The second kappa shape index (κ2) is 12.9. The van der Waals surface area contributed by atoms with Crippen LogP contribution in [-0.4, -0.2) is 84.0 Å². The zero-order valence-electron chi connectivity index (χ0n) is 24.2. The predicted octanol–water partition coefficient (Wildman–Crippen LogP) is 5.00. The first-order chi connectivity index (χ1) is 19.4. The van der Waals surface area contributed by atoms with Crippen molar-refractivity contribution in [2.45, 2.75) is 63.6 Å². The molecule has 1 aliphatic heterocycles. The Morgan fingerprint density at radius 1 is 1.00 bits per heavy atom. The minimum atomic E-state index is -0.736. The molecule has 2 atom stereocenters. The Morgan fingerprint density at radius 3 is 2.50 bits per heavy atom. The van der Waals surface area contributed by atoms with Gasteiger partial charge in [-0.05, 0) is 56.3 Å². The molecule has 0 radical (unpaired) electrons. The van der Waals surface area contributed by atoms with Crippen molar-refractivity contribution in [3.8, 4) is 0 Å². The maximum absolute atomic E-state index is 13.8.